The van der Waals surface area contributed by atoms with Crippen LogP contribution in [-0.2, 0) is 16.1 Å². The van der Waals surface area contributed by atoms with E-state index in [1.165, 1.54) is 9.70 Å². The summed E-state index contributed by atoms with van der Waals surface area (Å²) in [5, 5.41) is 15.3. The molecule has 0 aliphatic carbocycles. The fourth-order valence-corrected chi connectivity index (χ4v) is 3.79. The van der Waals surface area contributed by atoms with Crippen molar-refractivity contribution >= 4 is 17.5 Å². The van der Waals surface area contributed by atoms with Gasteiger partial charge in [0, 0.05) is 11.2 Å². The van der Waals surface area contributed by atoms with Gasteiger partial charge in [-0.3, -0.25) is 14.5 Å². The summed E-state index contributed by atoms with van der Waals surface area (Å²) >= 11 is 0. The van der Waals surface area contributed by atoms with Gasteiger partial charge in [0.05, 0.1) is 0 Å². The Labute approximate surface area is 209 Å². The minimum atomic E-state index is -1.05. The van der Waals surface area contributed by atoms with E-state index in [2.05, 4.69) is 20.7 Å². The molecule has 4 rings (SSSR count). The summed E-state index contributed by atoms with van der Waals surface area (Å²) in [6, 6.07) is 13.3. The fourth-order valence-electron chi connectivity index (χ4n) is 3.79. The van der Waals surface area contributed by atoms with Crippen LogP contribution in [0.25, 0.3) is 11.6 Å². The minimum absolute atomic E-state index is 0.250. The molecule has 0 aliphatic rings. The number of furan rings is 2. The van der Waals surface area contributed by atoms with Crippen LogP contribution in [0.3, 0.4) is 0 Å². The Bertz CT molecular complexity index is 1380. The van der Waals surface area contributed by atoms with Gasteiger partial charge in [0.25, 0.3) is 11.8 Å². The maximum Gasteiger partial charge on any atom is 0.251 e. The van der Waals surface area contributed by atoms with Gasteiger partial charge < -0.3 is 14.2 Å². The van der Waals surface area contributed by atoms with Crippen LogP contribution < -0.4 is 10.2 Å². The fraction of sp³-hybridized carbons (Fsp3) is 0.346. The molecule has 0 fully saturated rings. The highest BCUT2D eigenvalue weighted by molar-refractivity contribution is 6.01. The number of aromatic nitrogens is 4. The molecule has 3 aromatic heterocycles. The largest absolute Gasteiger partial charge is 0.464 e. The molecule has 3 heterocycles. The Balaban J connectivity index is 1.73. The number of tetrazole rings is 1. The van der Waals surface area contributed by atoms with E-state index in [0.29, 0.717) is 28.7 Å². The van der Waals surface area contributed by atoms with Crippen molar-refractivity contribution in [2.24, 2.45) is 0 Å². The minimum Gasteiger partial charge on any atom is -0.464 e. The van der Waals surface area contributed by atoms with E-state index < -0.39 is 17.5 Å². The third-order valence-electron chi connectivity index (χ3n) is 5.27. The number of nitrogens with one attached hydrogen (secondary N) is 1. The van der Waals surface area contributed by atoms with Crippen LogP contribution in [0, 0.1) is 20.8 Å². The zero-order chi connectivity index (χ0) is 26.0. The van der Waals surface area contributed by atoms with Crippen LogP contribution in [0.4, 0.5) is 5.69 Å². The molecule has 188 valence electrons. The summed E-state index contributed by atoms with van der Waals surface area (Å²) in [5.41, 5.74) is 0.956. The lowest BCUT2D eigenvalue weighted by Gasteiger charge is -2.32. The molecule has 0 saturated heterocycles. The number of hydrogen-bond acceptors (Lipinski definition) is 7. The Morgan fingerprint density at radius 3 is 2.36 bits per heavy atom. The molecule has 1 aromatic carbocycles. The number of carbonyl (C=O) groups excluding carboxylic acids is 2. The van der Waals surface area contributed by atoms with Crippen molar-refractivity contribution in [2.45, 2.75) is 59.7 Å². The van der Waals surface area contributed by atoms with Gasteiger partial charge in [-0.15, -0.1) is 10.2 Å². The molecule has 36 heavy (non-hydrogen) atoms. The summed E-state index contributed by atoms with van der Waals surface area (Å²) in [7, 11) is 0. The lowest BCUT2D eigenvalue weighted by Crippen LogP contribution is -2.50. The highest BCUT2D eigenvalue weighted by atomic mass is 16.3. The summed E-state index contributed by atoms with van der Waals surface area (Å²) in [4.78, 5) is 30.0. The first-order chi connectivity index (χ1) is 17.0. The van der Waals surface area contributed by atoms with Crippen LogP contribution >= 0.6 is 0 Å². The Morgan fingerprint density at radius 2 is 1.75 bits per heavy atom. The van der Waals surface area contributed by atoms with Crippen molar-refractivity contribution in [3.05, 3.63) is 71.4 Å². The van der Waals surface area contributed by atoms with E-state index in [1.54, 1.807) is 37.3 Å². The molecule has 0 aliphatic heterocycles. The van der Waals surface area contributed by atoms with Gasteiger partial charge in [-0.05, 0) is 88.7 Å². The van der Waals surface area contributed by atoms with Crippen LogP contribution in [-0.4, -0.2) is 37.6 Å². The van der Waals surface area contributed by atoms with Crippen molar-refractivity contribution in [2.75, 3.05) is 4.90 Å². The van der Waals surface area contributed by atoms with E-state index in [4.69, 9.17) is 8.83 Å². The molecule has 0 saturated carbocycles. The first kappa shape index (κ1) is 24.9. The average Bonchev–Trinajstić information content (AvgIpc) is 3.52. The number of carbonyl (C=O) groups is 2. The van der Waals surface area contributed by atoms with Crippen molar-refractivity contribution < 1.29 is 18.4 Å². The molecule has 10 heteroatoms. The standard InChI is InChI=1S/C26H30N6O4/c1-16-8-7-9-19(14-16)32(23(20-12-10-17(2)35-20)25(34)27-26(4,5)6)22(33)15-31-29-24(28-30-31)21-13-11-18(3)36-21/h7-14,23H,15H2,1-6H3,(H,27,34)/t23-/m1/s1. The van der Waals surface area contributed by atoms with Crippen LogP contribution in [0.2, 0.25) is 0 Å². The maximum absolute atomic E-state index is 13.8. The molecule has 0 spiro atoms. The van der Waals surface area contributed by atoms with Gasteiger partial charge in [-0.25, -0.2) is 0 Å². The van der Waals surface area contributed by atoms with Gasteiger partial charge >= 0.3 is 0 Å². The van der Waals surface area contributed by atoms with Gasteiger partial charge in [0.2, 0.25) is 5.82 Å². The predicted octanol–water partition coefficient (Wildman–Crippen LogP) is 4.14. The number of aryl methyl sites for hydroxylation is 3. The van der Waals surface area contributed by atoms with Crippen LogP contribution in [0.15, 0.2) is 57.4 Å². The van der Waals surface area contributed by atoms with Crippen molar-refractivity contribution in [3.8, 4) is 11.6 Å². The summed E-state index contributed by atoms with van der Waals surface area (Å²) in [5.74, 6) is 1.63. The quantitative estimate of drug-likeness (QED) is 0.413. The highest BCUT2D eigenvalue weighted by Gasteiger charge is 2.37. The van der Waals surface area contributed by atoms with Crippen LogP contribution in [0.1, 0.15) is 49.7 Å². The Kier molecular flexibility index (Phi) is 6.78. The average molecular weight is 491 g/mol. The lowest BCUT2D eigenvalue weighted by atomic mass is 10.1. The molecule has 0 unspecified atom stereocenters. The van der Waals surface area contributed by atoms with E-state index in [-0.39, 0.29) is 18.3 Å². The number of amides is 2. The molecular formula is C26H30N6O4. The first-order valence-corrected chi connectivity index (χ1v) is 11.6. The van der Waals surface area contributed by atoms with Crippen molar-refractivity contribution in [1.29, 1.82) is 0 Å². The molecule has 1 N–H and O–H groups in total. The topological polar surface area (TPSA) is 119 Å². The second-order valence-corrected chi connectivity index (χ2v) is 9.75. The number of hydrogen-bond donors (Lipinski definition) is 1. The van der Waals surface area contributed by atoms with E-state index in [1.807, 2.05) is 52.8 Å². The number of benzene rings is 1. The normalized spacial score (nSPS) is 12.4. The van der Waals surface area contributed by atoms with Gasteiger partial charge in [0.15, 0.2) is 11.8 Å². The van der Waals surface area contributed by atoms with Crippen molar-refractivity contribution in [3.63, 3.8) is 0 Å². The molecule has 1 atom stereocenters. The third kappa shape index (κ3) is 5.70. The molecule has 2 amide bonds. The van der Waals surface area contributed by atoms with E-state index >= 15 is 0 Å². The second kappa shape index (κ2) is 9.80. The zero-order valence-electron chi connectivity index (χ0n) is 21.3. The second-order valence-electron chi connectivity index (χ2n) is 9.75. The van der Waals surface area contributed by atoms with Crippen LogP contribution in [0.5, 0.6) is 0 Å². The molecular weight excluding hydrogens is 460 g/mol. The zero-order valence-corrected chi connectivity index (χ0v) is 21.3. The summed E-state index contributed by atoms with van der Waals surface area (Å²) in [6.07, 6.45) is 0. The first-order valence-electron chi connectivity index (χ1n) is 11.6. The number of anilines is 1. The Morgan fingerprint density at radius 1 is 1.03 bits per heavy atom. The van der Waals surface area contributed by atoms with E-state index in [9.17, 15) is 9.59 Å². The highest BCUT2D eigenvalue weighted by Crippen LogP contribution is 2.31. The Hall–Kier alpha value is -4.21. The van der Waals surface area contributed by atoms with Gasteiger partial charge in [0.1, 0.15) is 23.8 Å². The molecule has 10 nitrogen and oxygen atoms in total. The number of rotatable bonds is 7. The maximum atomic E-state index is 13.8. The third-order valence-corrected chi connectivity index (χ3v) is 5.27. The van der Waals surface area contributed by atoms with Gasteiger partial charge in [-0.2, -0.15) is 4.80 Å². The summed E-state index contributed by atoms with van der Waals surface area (Å²) < 4.78 is 11.4. The van der Waals surface area contributed by atoms with Crippen molar-refractivity contribution in [1.82, 2.24) is 25.5 Å². The predicted molar refractivity (Wildman–Crippen MR) is 133 cm³/mol. The number of nitrogens with zero attached hydrogens (tertiary/aromatic N) is 5. The molecule has 0 radical (unpaired) electrons. The molecule has 0 bridgehead atoms. The SMILES string of the molecule is Cc1cccc(N(C(=O)Cn2nnc(-c3ccc(C)o3)n2)[C@@H](C(=O)NC(C)(C)C)c2ccc(C)o2)c1. The lowest BCUT2D eigenvalue weighted by molar-refractivity contribution is -0.128. The van der Waals surface area contributed by atoms with E-state index in [0.717, 1.165) is 5.56 Å². The molecule has 4 aromatic rings. The summed E-state index contributed by atoms with van der Waals surface area (Å²) in [6.45, 7) is 10.9. The smallest absolute Gasteiger partial charge is 0.251 e. The monoisotopic (exact) mass is 490 g/mol. The van der Waals surface area contributed by atoms with Gasteiger partial charge in [-0.1, -0.05) is 12.1 Å².